The van der Waals surface area contributed by atoms with Crippen molar-refractivity contribution in [3.8, 4) is 5.75 Å². The number of rotatable bonds is 6. The predicted octanol–water partition coefficient (Wildman–Crippen LogP) is 6.71. The highest BCUT2D eigenvalue weighted by atomic mass is 16.5. The van der Waals surface area contributed by atoms with E-state index in [1.807, 2.05) is 113 Å². The average Bonchev–Trinajstić information content (AvgIpc) is 3.52. The van der Waals surface area contributed by atoms with Crippen LogP contribution < -0.4 is 10.1 Å². The van der Waals surface area contributed by atoms with Crippen molar-refractivity contribution in [3.63, 3.8) is 0 Å². The fourth-order valence-electron chi connectivity index (χ4n) is 4.39. The molecule has 0 radical (unpaired) electrons. The molecule has 1 unspecified atom stereocenters. The van der Waals surface area contributed by atoms with Crippen molar-refractivity contribution in [1.29, 1.82) is 0 Å². The van der Waals surface area contributed by atoms with Gasteiger partial charge in [-0.25, -0.2) is 0 Å². The summed E-state index contributed by atoms with van der Waals surface area (Å²) in [6.45, 7) is 11.9. The third-order valence-corrected chi connectivity index (χ3v) is 6.02. The van der Waals surface area contributed by atoms with Gasteiger partial charge in [-0.05, 0) is 57.4 Å². The number of nitrogens with zero attached hydrogens (tertiary/aromatic N) is 4. The van der Waals surface area contributed by atoms with Gasteiger partial charge in [-0.3, -0.25) is 14.4 Å². The van der Waals surface area contributed by atoms with Gasteiger partial charge in [-0.2, -0.15) is 0 Å². The lowest BCUT2D eigenvalue weighted by atomic mass is 9.99. The van der Waals surface area contributed by atoms with Crippen molar-refractivity contribution in [2.24, 2.45) is 4.99 Å². The number of benzene rings is 2. The van der Waals surface area contributed by atoms with E-state index in [0.29, 0.717) is 12.2 Å². The lowest BCUT2D eigenvalue weighted by Gasteiger charge is -2.13. The number of nitrogens with one attached hydrogen (secondary N) is 2. The minimum atomic E-state index is -0.619. The minimum Gasteiger partial charge on any atom is -0.497 e. The molecule has 0 spiro atoms. The fraction of sp³-hybridized carbons (Fsp3) is 0.250. The molecule has 8 nitrogen and oxygen atoms in total. The third kappa shape index (κ3) is 6.64. The molecule has 208 valence electrons. The smallest absolute Gasteiger partial charge is 0.209 e. The molecule has 4 aromatic rings. The number of fused-ring (bicyclic) bond motifs is 2. The monoisotopic (exact) mass is 538 g/mol. The maximum Gasteiger partial charge on any atom is 0.209 e. The largest absolute Gasteiger partial charge is 0.497 e. The van der Waals surface area contributed by atoms with E-state index in [0.717, 1.165) is 39.6 Å². The van der Waals surface area contributed by atoms with Gasteiger partial charge in [0.2, 0.25) is 6.41 Å². The highest BCUT2D eigenvalue weighted by Gasteiger charge is 2.27. The number of ether oxygens (including phenoxy) is 1. The van der Waals surface area contributed by atoms with Crippen LogP contribution in [0, 0.1) is 13.8 Å². The summed E-state index contributed by atoms with van der Waals surface area (Å²) in [6.07, 6.45) is 8.00. The molecule has 0 saturated carbocycles. The molecule has 5 rings (SSSR count). The number of aromatic nitrogens is 4. The number of aromatic amines is 1. The second-order valence-corrected chi connectivity index (χ2v) is 8.68. The van der Waals surface area contributed by atoms with Gasteiger partial charge in [0.1, 0.15) is 11.6 Å². The van der Waals surface area contributed by atoms with Crippen LogP contribution in [-0.2, 0) is 4.79 Å². The number of methoxy groups -OCH3 is 1. The molecule has 2 aromatic carbocycles. The molecular formula is C32H38N6O2. The van der Waals surface area contributed by atoms with Gasteiger partial charge in [0.25, 0.3) is 0 Å². The maximum absolute atomic E-state index is 11.2. The number of hydrogen-bond donors (Lipinski definition) is 2. The van der Waals surface area contributed by atoms with Crippen LogP contribution in [-0.4, -0.2) is 39.0 Å². The van der Waals surface area contributed by atoms with E-state index in [4.69, 9.17) is 9.73 Å². The first kappa shape index (κ1) is 29.8. The van der Waals surface area contributed by atoms with Crippen LogP contribution in [0.3, 0.4) is 0 Å². The van der Waals surface area contributed by atoms with E-state index in [9.17, 15) is 4.79 Å². The van der Waals surface area contributed by atoms with Crippen molar-refractivity contribution in [2.45, 2.75) is 47.7 Å². The Balaban J connectivity index is 0.000000262. The molecule has 1 aliphatic rings. The number of aryl methyl sites for hydroxylation is 2. The van der Waals surface area contributed by atoms with E-state index in [-0.39, 0.29) is 0 Å². The summed E-state index contributed by atoms with van der Waals surface area (Å²) >= 11 is 0. The normalized spacial score (nSPS) is 14.6. The number of allylic oxidation sites excluding steroid dienone is 6. The predicted molar refractivity (Wildman–Crippen MR) is 163 cm³/mol. The summed E-state index contributed by atoms with van der Waals surface area (Å²) in [6, 6.07) is 18.1. The van der Waals surface area contributed by atoms with Crippen LogP contribution in [0.4, 0.5) is 0 Å². The summed E-state index contributed by atoms with van der Waals surface area (Å²) < 4.78 is 7.05. The number of carbonyl (C=O) groups excluding carboxylic acids is 1. The van der Waals surface area contributed by atoms with Crippen LogP contribution in [0.2, 0.25) is 0 Å². The summed E-state index contributed by atoms with van der Waals surface area (Å²) in [5.74, 6) is 2.21. The zero-order valence-corrected chi connectivity index (χ0v) is 24.3. The summed E-state index contributed by atoms with van der Waals surface area (Å²) in [5, 5.41) is 12.4. The number of aliphatic imine (C=N–C) groups is 1. The van der Waals surface area contributed by atoms with E-state index >= 15 is 0 Å². The van der Waals surface area contributed by atoms with Gasteiger partial charge in [0, 0.05) is 28.4 Å². The minimum absolute atomic E-state index is 0.579. The summed E-state index contributed by atoms with van der Waals surface area (Å²) in [5.41, 5.74) is 5.93. The van der Waals surface area contributed by atoms with E-state index in [1.54, 1.807) is 7.11 Å². The lowest BCUT2D eigenvalue weighted by molar-refractivity contribution is -0.110. The quantitative estimate of drug-likeness (QED) is 0.267. The molecular weight excluding hydrogens is 500 g/mol. The molecule has 2 N–H and O–H groups in total. The topological polar surface area (TPSA) is 97.2 Å². The molecule has 0 saturated heterocycles. The molecule has 0 bridgehead atoms. The number of amides is 1. The highest BCUT2D eigenvalue weighted by Crippen LogP contribution is 2.30. The Morgan fingerprint density at radius 3 is 2.35 bits per heavy atom. The Kier molecular flexibility index (Phi) is 10.8. The molecule has 40 heavy (non-hydrogen) atoms. The number of H-pyrrole nitrogens is 1. The molecule has 0 aliphatic carbocycles. The first-order valence-electron chi connectivity index (χ1n) is 13.4. The van der Waals surface area contributed by atoms with Crippen LogP contribution in [0.1, 0.15) is 56.8 Å². The van der Waals surface area contributed by atoms with Crippen molar-refractivity contribution in [2.75, 3.05) is 7.11 Å². The second-order valence-electron chi connectivity index (χ2n) is 8.68. The molecule has 0 fully saturated rings. The SMILES string of the molecule is CC.COc1ccc2cc(C)[nH]c2c1.C\C=C/C1=C(\C=C/C)n2c(C)nnc2C(NC=O)N=C1c1ccccc1. The van der Waals surface area contributed by atoms with E-state index in [1.165, 1.54) is 11.1 Å². The van der Waals surface area contributed by atoms with Gasteiger partial charge in [0.05, 0.1) is 18.5 Å². The molecule has 2 aromatic heterocycles. The second kappa shape index (κ2) is 14.4. The molecule has 8 heteroatoms. The summed E-state index contributed by atoms with van der Waals surface area (Å²) in [7, 11) is 1.68. The molecule has 1 atom stereocenters. The third-order valence-electron chi connectivity index (χ3n) is 6.02. The summed E-state index contributed by atoms with van der Waals surface area (Å²) in [4.78, 5) is 19.3. The van der Waals surface area contributed by atoms with Gasteiger partial charge in [-0.1, -0.05) is 62.4 Å². The van der Waals surface area contributed by atoms with Crippen LogP contribution in [0.15, 0.2) is 89.5 Å². The Labute approximate surface area is 236 Å². The van der Waals surface area contributed by atoms with Crippen molar-refractivity contribution >= 4 is 28.7 Å². The molecule has 3 heterocycles. The standard InChI is InChI=1S/C20H21N5O.C10H11NO.C2H6/c1-4-9-16-17(10-5-2)25-14(3)23-24-20(25)19(21-13-26)22-18(16)15-11-7-6-8-12-15;1-7-5-8-3-4-9(12-2)6-10(8)11-7;1-2/h4-13,19H,1-3H3,(H,21,26);3-6,11H,1-2H3;1-2H3/b9-4-,10-5-;;. The zero-order chi connectivity index (χ0) is 29.1. The van der Waals surface area contributed by atoms with Gasteiger partial charge >= 0.3 is 0 Å². The Hall–Kier alpha value is -4.72. The number of carbonyl (C=O) groups is 1. The Morgan fingerprint density at radius 2 is 1.70 bits per heavy atom. The van der Waals surface area contributed by atoms with Crippen LogP contribution >= 0.6 is 0 Å². The van der Waals surface area contributed by atoms with Gasteiger partial charge in [0.15, 0.2) is 12.0 Å². The van der Waals surface area contributed by atoms with Gasteiger partial charge < -0.3 is 15.0 Å². The van der Waals surface area contributed by atoms with Crippen LogP contribution in [0.5, 0.6) is 5.75 Å². The van der Waals surface area contributed by atoms with Gasteiger partial charge in [-0.15, -0.1) is 10.2 Å². The highest BCUT2D eigenvalue weighted by molar-refractivity contribution is 6.18. The fourth-order valence-corrected chi connectivity index (χ4v) is 4.39. The first-order chi connectivity index (χ1) is 19.5. The first-order valence-corrected chi connectivity index (χ1v) is 13.4. The average molecular weight is 539 g/mol. The maximum atomic E-state index is 11.2. The lowest BCUT2D eigenvalue weighted by Crippen LogP contribution is -2.21. The zero-order valence-electron chi connectivity index (χ0n) is 24.3. The van der Waals surface area contributed by atoms with Crippen molar-refractivity contribution in [3.05, 3.63) is 107 Å². The van der Waals surface area contributed by atoms with E-state index in [2.05, 4.69) is 32.6 Å². The molecule has 1 amide bonds. The number of hydrogen-bond acceptors (Lipinski definition) is 5. The Morgan fingerprint density at radius 1 is 0.975 bits per heavy atom. The van der Waals surface area contributed by atoms with Crippen LogP contribution in [0.25, 0.3) is 16.6 Å². The molecule has 1 aliphatic heterocycles. The van der Waals surface area contributed by atoms with Crippen molar-refractivity contribution in [1.82, 2.24) is 25.1 Å². The van der Waals surface area contributed by atoms with Crippen molar-refractivity contribution < 1.29 is 9.53 Å². The van der Waals surface area contributed by atoms with E-state index < -0.39 is 6.17 Å². The Bertz CT molecular complexity index is 1540.